The van der Waals surface area contributed by atoms with Crippen molar-refractivity contribution in [1.29, 1.82) is 0 Å². The van der Waals surface area contributed by atoms with Crippen molar-refractivity contribution in [1.82, 2.24) is 0 Å². The van der Waals surface area contributed by atoms with E-state index in [2.05, 4.69) is 0 Å². The smallest absolute Gasteiger partial charge is 1.00 e. The van der Waals surface area contributed by atoms with E-state index in [1.807, 2.05) is 0 Å². The number of nitrogen functional groups attached to an aromatic ring is 2. The molecule has 0 radical (unpaired) electrons. The molecule has 0 fully saturated rings. The monoisotopic (exact) mass is 378 g/mol. The number of benzene rings is 2. The number of rotatable bonds is 4. The Kier molecular flexibility index (Phi) is 6.47. The molecule has 2 rings (SSSR count). The van der Waals surface area contributed by atoms with Gasteiger partial charge in [-0.05, 0) is 35.4 Å². The maximum atomic E-state index is 11.4. The van der Waals surface area contributed by atoms with Crippen LogP contribution in [0, 0.1) is 0 Å². The maximum Gasteiger partial charge on any atom is 1.00 e. The van der Waals surface area contributed by atoms with Gasteiger partial charge in [0, 0.05) is 11.4 Å². The summed E-state index contributed by atoms with van der Waals surface area (Å²) in [4.78, 5) is -0.856. The zero-order valence-corrected chi connectivity index (χ0v) is 14.8. The molecule has 0 aliphatic carbocycles. The van der Waals surface area contributed by atoms with E-state index in [0.717, 1.165) is 12.1 Å². The minimum Gasteiger partial charge on any atom is -1.00 e. The van der Waals surface area contributed by atoms with Crippen LogP contribution in [0.5, 0.6) is 0 Å². The molecule has 0 heterocycles. The summed E-state index contributed by atoms with van der Waals surface area (Å²) in [6.07, 6.45) is 2.53. The second kappa shape index (κ2) is 7.61. The molecule has 11 heteroatoms. The normalized spacial score (nSPS) is 12.1. The van der Waals surface area contributed by atoms with E-state index in [0.29, 0.717) is 0 Å². The molecule has 2 aromatic rings. The average molecular weight is 378 g/mol. The molecule has 0 bridgehead atoms. The molecule has 25 heavy (non-hydrogen) atoms. The third-order valence-electron chi connectivity index (χ3n) is 3.07. The van der Waals surface area contributed by atoms with E-state index in [9.17, 15) is 25.9 Å². The molecule has 0 spiro atoms. The van der Waals surface area contributed by atoms with E-state index in [4.69, 9.17) is 11.5 Å². The molecule has 8 nitrogen and oxygen atoms in total. The first-order valence-corrected chi connectivity index (χ1v) is 9.28. The van der Waals surface area contributed by atoms with Crippen molar-refractivity contribution in [2.45, 2.75) is 9.79 Å². The zero-order valence-electron chi connectivity index (χ0n) is 14.1. The molecule has 130 valence electrons. The van der Waals surface area contributed by atoms with E-state index in [1.54, 1.807) is 0 Å². The van der Waals surface area contributed by atoms with Crippen LogP contribution in [0.2, 0.25) is 0 Å². The number of anilines is 2. The Bertz CT molecular complexity index is 956. The second-order valence-electron chi connectivity index (χ2n) is 4.88. The van der Waals surface area contributed by atoms with Crippen molar-refractivity contribution in [3.63, 3.8) is 0 Å². The predicted octanol–water partition coefficient (Wildman–Crippen LogP) is -1.37. The summed E-state index contributed by atoms with van der Waals surface area (Å²) >= 11 is 0. The van der Waals surface area contributed by atoms with Crippen molar-refractivity contribution in [2.24, 2.45) is 0 Å². The first-order chi connectivity index (χ1) is 11.0. The third kappa shape index (κ3) is 5.34. The minimum atomic E-state index is -4.52. The molecule has 0 atom stereocenters. The summed E-state index contributed by atoms with van der Waals surface area (Å²) < 4.78 is 64.1. The molecule has 0 saturated carbocycles. The molecular weight excluding hydrogens is 363 g/mol. The van der Waals surface area contributed by atoms with Gasteiger partial charge in [-0.15, -0.1) is 0 Å². The summed E-state index contributed by atoms with van der Waals surface area (Å²) in [6.45, 7) is 0. The minimum absolute atomic E-state index is 0. The molecule has 2 aromatic carbocycles. The van der Waals surface area contributed by atoms with Gasteiger partial charge in [-0.1, -0.05) is 24.3 Å². The van der Waals surface area contributed by atoms with Gasteiger partial charge in [-0.2, -0.15) is 16.8 Å². The Labute approximate surface area is 158 Å². The molecule has 0 amide bonds. The molecule has 0 aromatic heterocycles. The Balaban J connectivity index is 0.00000312. The van der Waals surface area contributed by atoms with Crippen molar-refractivity contribution in [2.75, 3.05) is 11.5 Å². The van der Waals surface area contributed by atoms with Gasteiger partial charge in [0.25, 0.3) is 20.2 Å². The first kappa shape index (κ1) is 21.2. The topological polar surface area (TPSA) is 161 Å². The van der Waals surface area contributed by atoms with Crippen LogP contribution >= 0.6 is 0 Å². The van der Waals surface area contributed by atoms with Crippen LogP contribution in [-0.2, 0) is 20.2 Å². The van der Waals surface area contributed by atoms with E-state index in [1.165, 1.54) is 36.4 Å². The van der Waals surface area contributed by atoms with Crippen molar-refractivity contribution >= 4 is 43.8 Å². The standard InChI is InChI=1S/C14H14N2O6S2.Li.H/c15-11-5-3-9(13(7-11)23(17,18)19)1-2-10-4-6-12(16)8-14(10)24(20,21)22;;/h1-8H,15-16H2,(H,17,18,19)(H,20,21,22);;/q;+1;-1. The van der Waals surface area contributed by atoms with Crippen LogP contribution in [0.4, 0.5) is 11.4 Å². The molecule has 0 unspecified atom stereocenters. The van der Waals surface area contributed by atoms with Gasteiger partial charge in [-0.25, -0.2) is 0 Å². The molecule has 0 aliphatic heterocycles. The SMILES string of the molecule is Nc1ccc(C=Cc2ccc(N)cc2S(=O)(=O)O)c(S(=O)(=O)O)c1.[H-].[Li+]. The predicted molar refractivity (Wildman–Crippen MR) is 91.4 cm³/mol. The van der Waals surface area contributed by atoms with E-state index in [-0.39, 0.29) is 42.8 Å². The van der Waals surface area contributed by atoms with Gasteiger partial charge >= 0.3 is 18.9 Å². The van der Waals surface area contributed by atoms with Crippen LogP contribution in [-0.4, -0.2) is 25.9 Å². The van der Waals surface area contributed by atoms with Crippen molar-refractivity contribution in [3.8, 4) is 0 Å². The molecule has 0 aliphatic rings. The summed E-state index contributed by atoms with van der Waals surface area (Å²) in [7, 11) is -9.05. The maximum absolute atomic E-state index is 11.4. The van der Waals surface area contributed by atoms with Gasteiger partial charge in [0.05, 0.1) is 0 Å². The summed E-state index contributed by atoms with van der Waals surface area (Å²) in [5, 5.41) is 0. The van der Waals surface area contributed by atoms with Gasteiger partial charge in [0.15, 0.2) is 0 Å². The number of hydrogen-bond acceptors (Lipinski definition) is 6. The Morgan fingerprint density at radius 1 is 0.760 bits per heavy atom. The quantitative estimate of drug-likeness (QED) is 0.219. The fourth-order valence-corrected chi connectivity index (χ4v) is 3.44. The second-order valence-corrected chi connectivity index (χ2v) is 7.66. The van der Waals surface area contributed by atoms with Crippen molar-refractivity contribution in [3.05, 3.63) is 47.5 Å². The van der Waals surface area contributed by atoms with Crippen LogP contribution in [0.25, 0.3) is 12.2 Å². The molecule has 6 N–H and O–H groups in total. The molecule has 0 saturated heterocycles. The van der Waals surface area contributed by atoms with Gasteiger partial charge in [-0.3, -0.25) is 9.11 Å². The van der Waals surface area contributed by atoms with Gasteiger partial charge in [0.1, 0.15) is 9.79 Å². The van der Waals surface area contributed by atoms with Gasteiger partial charge < -0.3 is 12.9 Å². The van der Waals surface area contributed by atoms with Gasteiger partial charge in [0.2, 0.25) is 0 Å². The summed E-state index contributed by atoms with van der Waals surface area (Å²) in [5.74, 6) is 0. The number of nitrogens with two attached hydrogens (primary N) is 2. The Morgan fingerprint density at radius 2 is 1.08 bits per heavy atom. The van der Waals surface area contributed by atoms with Crippen molar-refractivity contribution < 1.29 is 46.2 Å². The Hall–Kier alpha value is -1.80. The van der Waals surface area contributed by atoms with Crippen LogP contribution < -0.4 is 30.3 Å². The average Bonchev–Trinajstić information content (AvgIpc) is 2.45. The largest absolute Gasteiger partial charge is 1.00 e. The van der Waals surface area contributed by atoms with Crippen LogP contribution in [0.3, 0.4) is 0 Å². The molecular formula is C14H15LiN2O6S2. The number of hydrogen-bond donors (Lipinski definition) is 4. The Morgan fingerprint density at radius 3 is 1.36 bits per heavy atom. The zero-order chi connectivity index (χ0) is 18.1. The van der Waals surface area contributed by atoms with E-state index < -0.39 is 30.0 Å². The van der Waals surface area contributed by atoms with E-state index >= 15 is 0 Å². The fraction of sp³-hybridized carbons (Fsp3) is 0. The van der Waals surface area contributed by atoms with Crippen LogP contribution in [0.1, 0.15) is 12.6 Å². The summed E-state index contributed by atoms with van der Waals surface area (Å²) in [6, 6.07) is 7.67. The first-order valence-electron chi connectivity index (χ1n) is 6.40. The van der Waals surface area contributed by atoms with Crippen LogP contribution in [0.15, 0.2) is 46.2 Å². The summed E-state index contributed by atoms with van der Waals surface area (Å²) in [5.41, 5.74) is 11.4. The third-order valence-corrected chi connectivity index (χ3v) is 4.89. The fourth-order valence-electron chi connectivity index (χ4n) is 2.00.